The third-order valence-corrected chi connectivity index (χ3v) is 2.15. The standard InChI is InChI=1S/C8H7Cl2N5O/c1-4-13-6(16-15-4)3-11-7-5(9)2-12-8(10)14-7/h2H,3H2,1H3,(H,11,12,14). The Morgan fingerprint density at radius 3 is 2.88 bits per heavy atom. The van der Waals surface area contributed by atoms with Crippen molar-refractivity contribution in [1.82, 2.24) is 20.1 Å². The van der Waals surface area contributed by atoms with E-state index < -0.39 is 0 Å². The van der Waals surface area contributed by atoms with Crippen LogP contribution in [0.4, 0.5) is 5.82 Å². The lowest BCUT2D eigenvalue weighted by Crippen LogP contribution is -2.03. The third kappa shape index (κ3) is 2.59. The van der Waals surface area contributed by atoms with Crippen LogP contribution in [0.3, 0.4) is 0 Å². The van der Waals surface area contributed by atoms with Crippen molar-refractivity contribution in [2.24, 2.45) is 0 Å². The summed E-state index contributed by atoms with van der Waals surface area (Å²) < 4.78 is 4.91. The van der Waals surface area contributed by atoms with E-state index in [9.17, 15) is 0 Å². The van der Waals surface area contributed by atoms with E-state index in [0.29, 0.717) is 29.1 Å². The molecule has 0 unspecified atom stereocenters. The zero-order valence-corrected chi connectivity index (χ0v) is 9.75. The topological polar surface area (TPSA) is 76.7 Å². The Hall–Kier alpha value is -1.40. The molecular weight excluding hydrogens is 253 g/mol. The second kappa shape index (κ2) is 4.63. The van der Waals surface area contributed by atoms with E-state index in [1.165, 1.54) is 6.20 Å². The van der Waals surface area contributed by atoms with Crippen LogP contribution in [0.5, 0.6) is 0 Å². The van der Waals surface area contributed by atoms with E-state index in [2.05, 4.69) is 25.4 Å². The summed E-state index contributed by atoms with van der Waals surface area (Å²) in [6.45, 7) is 2.06. The molecular formula is C8H7Cl2N5O. The molecule has 0 aromatic carbocycles. The van der Waals surface area contributed by atoms with Gasteiger partial charge in [0.1, 0.15) is 10.8 Å². The minimum Gasteiger partial charge on any atom is -0.360 e. The molecule has 2 aromatic rings. The normalized spacial score (nSPS) is 10.4. The van der Waals surface area contributed by atoms with Crippen molar-refractivity contribution in [2.75, 3.05) is 5.32 Å². The van der Waals surface area contributed by atoms with Crippen LogP contribution in [-0.2, 0) is 6.54 Å². The highest BCUT2D eigenvalue weighted by Crippen LogP contribution is 2.19. The van der Waals surface area contributed by atoms with Gasteiger partial charge in [0.05, 0.1) is 12.7 Å². The first-order chi connectivity index (χ1) is 7.65. The highest BCUT2D eigenvalue weighted by molar-refractivity contribution is 6.33. The molecule has 0 atom stereocenters. The quantitative estimate of drug-likeness (QED) is 0.851. The summed E-state index contributed by atoms with van der Waals surface area (Å²) in [7, 11) is 0. The van der Waals surface area contributed by atoms with Crippen LogP contribution in [0.15, 0.2) is 10.7 Å². The minimum absolute atomic E-state index is 0.119. The van der Waals surface area contributed by atoms with Crippen molar-refractivity contribution in [3.8, 4) is 0 Å². The molecule has 2 aromatic heterocycles. The van der Waals surface area contributed by atoms with Gasteiger partial charge >= 0.3 is 0 Å². The summed E-state index contributed by atoms with van der Waals surface area (Å²) in [4.78, 5) is 11.7. The smallest absolute Gasteiger partial charge is 0.245 e. The van der Waals surface area contributed by atoms with E-state index in [-0.39, 0.29) is 5.28 Å². The third-order valence-electron chi connectivity index (χ3n) is 1.69. The molecule has 0 saturated heterocycles. The molecule has 0 radical (unpaired) electrons. The number of aryl methyl sites for hydroxylation is 1. The Kier molecular flexibility index (Phi) is 3.21. The van der Waals surface area contributed by atoms with Crippen LogP contribution in [0.1, 0.15) is 11.7 Å². The van der Waals surface area contributed by atoms with E-state index in [4.69, 9.17) is 27.7 Å². The molecule has 0 aliphatic heterocycles. The van der Waals surface area contributed by atoms with Gasteiger partial charge in [-0.05, 0) is 18.5 Å². The lowest BCUT2D eigenvalue weighted by molar-refractivity contribution is 0.379. The molecule has 2 heterocycles. The molecule has 0 aliphatic rings. The molecule has 0 bridgehead atoms. The summed E-state index contributed by atoms with van der Waals surface area (Å²) in [6.07, 6.45) is 1.41. The van der Waals surface area contributed by atoms with Crippen LogP contribution in [0, 0.1) is 6.92 Å². The van der Waals surface area contributed by atoms with Gasteiger partial charge < -0.3 is 9.84 Å². The van der Waals surface area contributed by atoms with E-state index in [1.807, 2.05) is 0 Å². The molecule has 2 rings (SSSR count). The molecule has 1 N–H and O–H groups in total. The first kappa shape index (κ1) is 11.1. The average molecular weight is 260 g/mol. The van der Waals surface area contributed by atoms with E-state index >= 15 is 0 Å². The van der Waals surface area contributed by atoms with Crippen LogP contribution >= 0.6 is 23.2 Å². The summed E-state index contributed by atoms with van der Waals surface area (Å²) in [5, 5.41) is 7.07. The summed E-state index contributed by atoms with van der Waals surface area (Å²) in [5.41, 5.74) is 0. The lowest BCUT2D eigenvalue weighted by atomic mass is 10.5. The van der Waals surface area contributed by atoms with Gasteiger partial charge in [-0.2, -0.15) is 9.97 Å². The highest BCUT2D eigenvalue weighted by atomic mass is 35.5. The number of halogens is 2. The molecule has 6 nitrogen and oxygen atoms in total. The Bertz CT molecular complexity index is 501. The largest absolute Gasteiger partial charge is 0.360 e. The van der Waals surface area contributed by atoms with Gasteiger partial charge in [0.15, 0.2) is 5.82 Å². The zero-order chi connectivity index (χ0) is 11.5. The fourth-order valence-corrected chi connectivity index (χ4v) is 1.33. The lowest BCUT2D eigenvalue weighted by Gasteiger charge is -2.03. The first-order valence-corrected chi connectivity index (χ1v) is 5.12. The number of nitrogens with one attached hydrogen (secondary N) is 1. The average Bonchev–Trinajstić information content (AvgIpc) is 2.66. The SMILES string of the molecule is Cc1noc(CNc2nc(Cl)ncc2Cl)n1. The van der Waals surface area contributed by atoms with Gasteiger partial charge in [-0.3, -0.25) is 0 Å². The molecule has 16 heavy (non-hydrogen) atoms. The maximum absolute atomic E-state index is 5.85. The van der Waals surface area contributed by atoms with Crippen molar-refractivity contribution in [3.63, 3.8) is 0 Å². The zero-order valence-electron chi connectivity index (χ0n) is 8.24. The second-order valence-electron chi connectivity index (χ2n) is 2.92. The van der Waals surface area contributed by atoms with Gasteiger partial charge in [-0.15, -0.1) is 0 Å². The molecule has 0 spiro atoms. The first-order valence-electron chi connectivity index (χ1n) is 4.36. The fraction of sp³-hybridized carbons (Fsp3) is 0.250. The maximum Gasteiger partial charge on any atom is 0.245 e. The Morgan fingerprint density at radius 1 is 1.38 bits per heavy atom. The van der Waals surface area contributed by atoms with Gasteiger partial charge in [0.2, 0.25) is 11.2 Å². The van der Waals surface area contributed by atoms with Crippen LogP contribution in [0.25, 0.3) is 0 Å². The highest BCUT2D eigenvalue weighted by Gasteiger charge is 2.06. The van der Waals surface area contributed by atoms with Crippen LogP contribution in [0.2, 0.25) is 10.3 Å². The Morgan fingerprint density at radius 2 is 2.19 bits per heavy atom. The Labute approximate surface area is 101 Å². The van der Waals surface area contributed by atoms with Crippen LogP contribution < -0.4 is 5.32 Å². The van der Waals surface area contributed by atoms with Gasteiger partial charge in [0.25, 0.3) is 0 Å². The second-order valence-corrected chi connectivity index (χ2v) is 3.67. The van der Waals surface area contributed by atoms with Crippen molar-refractivity contribution in [2.45, 2.75) is 13.5 Å². The maximum atomic E-state index is 5.85. The molecule has 84 valence electrons. The number of aromatic nitrogens is 4. The van der Waals surface area contributed by atoms with Crippen molar-refractivity contribution in [1.29, 1.82) is 0 Å². The number of anilines is 1. The monoisotopic (exact) mass is 259 g/mol. The molecule has 0 aliphatic carbocycles. The van der Waals surface area contributed by atoms with Gasteiger partial charge in [0, 0.05) is 0 Å². The van der Waals surface area contributed by atoms with Crippen LogP contribution in [-0.4, -0.2) is 20.1 Å². The Balaban J connectivity index is 2.07. The summed E-state index contributed by atoms with van der Waals surface area (Å²) in [5.74, 6) is 1.45. The summed E-state index contributed by atoms with van der Waals surface area (Å²) >= 11 is 11.5. The number of nitrogens with zero attached hydrogens (tertiary/aromatic N) is 4. The molecule has 8 heteroatoms. The van der Waals surface area contributed by atoms with Crippen molar-refractivity contribution >= 4 is 29.0 Å². The number of rotatable bonds is 3. The predicted molar refractivity (Wildman–Crippen MR) is 58.4 cm³/mol. The minimum atomic E-state index is 0.119. The predicted octanol–water partition coefficient (Wildman–Crippen LogP) is 2.09. The number of hydrogen-bond donors (Lipinski definition) is 1. The van der Waals surface area contributed by atoms with E-state index in [1.54, 1.807) is 6.92 Å². The van der Waals surface area contributed by atoms with E-state index in [0.717, 1.165) is 0 Å². The fourth-order valence-electron chi connectivity index (χ4n) is 1.04. The molecule has 0 fully saturated rings. The molecule has 0 amide bonds. The summed E-state index contributed by atoms with van der Waals surface area (Å²) in [6, 6.07) is 0. The van der Waals surface area contributed by atoms with Gasteiger partial charge in [-0.1, -0.05) is 16.8 Å². The van der Waals surface area contributed by atoms with Gasteiger partial charge in [-0.25, -0.2) is 4.98 Å². The van der Waals surface area contributed by atoms with Crippen molar-refractivity contribution in [3.05, 3.63) is 28.2 Å². The van der Waals surface area contributed by atoms with Crippen molar-refractivity contribution < 1.29 is 4.52 Å². The molecule has 0 saturated carbocycles. The number of hydrogen-bond acceptors (Lipinski definition) is 6.